The lowest BCUT2D eigenvalue weighted by Crippen LogP contribution is -2.61. The average molecular weight is 481 g/mol. The van der Waals surface area contributed by atoms with E-state index in [0.717, 1.165) is 0 Å². The Morgan fingerprint density at radius 3 is 1.28 bits per heavy atom. The molecule has 4 aromatic rings. The highest BCUT2D eigenvalue weighted by atomic mass is 16.7. The van der Waals surface area contributed by atoms with Crippen LogP contribution in [-0.2, 0) is 20.7 Å². The van der Waals surface area contributed by atoms with E-state index in [1.165, 1.54) is 0 Å². The molecule has 4 nitrogen and oxygen atoms in total. The highest BCUT2D eigenvalue weighted by molar-refractivity contribution is 5.42. The zero-order chi connectivity index (χ0) is 25.2. The van der Waals surface area contributed by atoms with Gasteiger partial charge >= 0.3 is 0 Å². The Hall–Kier alpha value is -3.28. The topological polar surface area (TPSA) is 58.9 Å². The van der Waals surface area contributed by atoms with Crippen molar-refractivity contribution in [2.75, 3.05) is 6.61 Å². The van der Waals surface area contributed by atoms with Gasteiger partial charge in [-0.3, -0.25) is 0 Å². The number of benzene rings is 4. The van der Waals surface area contributed by atoms with Crippen LogP contribution in [0.4, 0.5) is 0 Å². The summed E-state index contributed by atoms with van der Waals surface area (Å²) in [6.07, 6.45) is -0.850. The van der Waals surface area contributed by atoms with Crippen LogP contribution in [0, 0.1) is 5.92 Å². The van der Waals surface area contributed by atoms with Gasteiger partial charge in [-0.2, -0.15) is 0 Å². The predicted octanol–water partition coefficient (Wildman–Crippen LogP) is 5.63. The van der Waals surface area contributed by atoms with Gasteiger partial charge < -0.3 is 19.7 Å². The van der Waals surface area contributed by atoms with E-state index in [1.807, 2.05) is 135 Å². The molecule has 1 saturated heterocycles. The van der Waals surface area contributed by atoms with Gasteiger partial charge in [-0.05, 0) is 36.1 Å². The van der Waals surface area contributed by atoms with Gasteiger partial charge in [0.25, 0.3) is 0 Å². The molecule has 0 saturated carbocycles. The molecule has 0 radical (unpaired) electrons. The fourth-order valence-electron chi connectivity index (χ4n) is 5.37. The van der Waals surface area contributed by atoms with Crippen molar-refractivity contribution in [2.24, 2.45) is 5.92 Å². The number of aliphatic hydroxyl groups is 2. The lowest BCUT2D eigenvalue weighted by Gasteiger charge is -2.53. The molecular weight excluding hydrogens is 448 g/mol. The summed E-state index contributed by atoms with van der Waals surface area (Å²) >= 11 is 0. The molecule has 1 aliphatic rings. The summed E-state index contributed by atoms with van der Waals surface area (Å²) in [4.78, 5) is 0. The van der Waals surface area contributed by atoms with Gasteiger partial charge in [-0.25, -0.2) is 0 Å². The van der Waals surface area contributed by atoms with E-state index < -0.39 is 29.0 Å². The molecule has 0 spiro atoms. The molecule has 2 N–H and O–H groups in total. The van der Waals surface area contributed by atoms with Gasteiger partial charge in [-0.15, -0.1) is 0 Å². The van der Waals surface area contributed by atoms with Gasteiger partial charge in [-0.1, -0.05) is 121 Å². The Kier molecular flexibility index (Phi) is 6.54. The molecule has 0 aromatic heterocycles. The largest absolute Gasteiger partial charge is 0.380 e. The highest BCUT2D eigenvalue weighted by Gasteiger charge is 2.57. The molecular formula is C32H32O4. The molecule has 2 unspecified atom stereocenters. The van der Waals surface area contributed by atoms with Gasteiger partial charge in [0.2, 0.25) is 0 Å². The standard InChI is InChI=1S/C32H32O4/c1-30(2)35-23-28(31(33,24-15-7-3-8-16-24)25-17-9-4-10-18-25)29(36-30)32(34,26-19-11-5-12-20-26)27-21-13-6-14-22-27/h3-22,28-29,33-34H,23H2,1-2H3. The first-order valence-electron chi connectivity index (χ1n) is 12.3. The smallest absolute Gasteiger partial charge is 0.163 e. The van der Waals surface area contributed by atoms with Gasteiger partial charge in [0.1, 0.15) is 17.3 Å². The molecule has 184 valence electrons. The Balaban J connectivity index is 1.76. The fraction of sp³-hybridized carbons (Fsp3) is 0.250. The van der Waals surface area contributed by atoms with Crippen molar-refractivity contribution in [1.82, 2.24) is 0 Å². The molecule has 1 fully saturated rings. The maximum Gasteiger partial charge on any atom is 0.163 e. The quantitative estimate of drug-likeness (QED) is 0.376. The molecule has 36 heavy (non-hydrogen) atoms. The van der Waals surface area contributed by atoms with Crippen molar-refractivity contribution in [1.29, 1.82) is 0 Å². The van der Waals surface area contributed by atoms with Crippen molar-refractivity contribution >= 4 is 0 Å². The second kappa shape index (κ2) is 9.64. The van der Waals surface area contributed by atoms with E-state index in [2.05, 4.69) is 0 Å². The van der Waals surface area contributed by atoms with E-state index in [0.29, 0.717) is 22.3 Å². The molecule has 4 aromatic carbocycles. The van der Waals surface area contributed by atoms with Crippen LogP contribution < -0.4 is 0 Å². The van der Waals surface area contributed by atoms with Crippen LogP contribution in [0.3, 0.4) is 0 Å². The van der Waals surface area contributed by atoms with E-state index in [1.54, 1.807) is 0 Å². The SMILES string of the molecule is CC1(C)OCC(C(O)(c2ccccc2)c2ccccc2)C(C(O)(c2ccccc2)c2ccccc2)O1. The molecule has 0 amide bonds. The first kappa shape index (κ1) is 24.4. The lowest BCUT2D eigenvalue weighted by molar-refractivity contribution is -0.337. The van der Waals surface area contributed by atoms with E-state index in [4.69, 9.17) is 9.47 Å². The van der Waals surface area contributed by atoms with Crippen molar-refractivity contribution in [3.05, 3.63) is 144 Å². The van der Waals surface area contributed by atoms with Crippen LogP contribution in [0.2, 0.25) is 0 Å². The van der Waals surface area contributed by atoms with Crippen molar-refractivity contribution < 1.29 is 19.7 Å². The third-order valence-electron chi connectivity index (χ3n) is 7.19. The zero-order valence-electron chi connectivity index (χ0n) is 20.6. The maximum absolute atomic E-state index is 12.7. The molecule has 2 atom stereocenters. The Labute approximate surface area is 212 Å². The summed E-state index contributed by atoms with van der Waals surface area (Å²) in [5, 5.41) is 25.5. The number of rotatable bonds is 6. The Bertz CT molecular complexity index is 1180. The minimum Gasteiger partial charge on any atom is -0.380 e. The highest BCUT2D eigenvalue weighted by Crippen LogP contribution is 2.50. The van der Waals surface area contributed by atoms with E-state index in [-0.39, 0.29) is 6.61 Å². The number of hydrogen-bond acceptors (Lipinski definition) is 4. The first-order valence-corrected chi connectivity index (χ1v) is 12.3. The summed E-state index contributed by atoms with van der Waals surface area (Å²) < 4.78 is 12.8. The van der Waals surface area contributed by atoms with Gasteiger partial charge in [0.15, 0.2) is 5.79 Å². The van der Waals surface area contributed by atoms with E-state index >= 15 is 0 Å². The fourth-order valence-corrected chi connectivity index (χ4v) is 5.37. The zero-order valence-corrected chi connectivity index (χ0v) is 20.6. The Morgan fingerprint density at radius 2 is 0.917 bits per heavy atom. The molecule has 4 heteroatoms. The summed E-state index contributed by atoms with van der Waals surface area (Å²) in [5.41, 5.74) is -0.268. The minimum atomic E-state index is -1.56. The van der Waals surface area contributed by atoms with Crippen LogP contribution in [0.5, 0.6) is 0 Å². The Morgan fingerprint density at radius 1 is 0.583 bits per heavy atom. The maximum atomic E-state index is 12.7. The van der Waals surface area contributed by atoms with Gasteiger partial charge in [0.05, 0.1) is 6.61 Å². The second-order valence-corrected chi connectivity index (χ2v) is 9.85. The summed E-state index contributed by atoms with van der Waals surface area (Å²) in [6, 6.07) is 38.2. The molecule has 1 aliphatic heterocycles. The van der Waals surface area contributed by atoms with Crippen molar-refractivity contribution in [3.8, 4) is 0 Å². The summed E-state index contributed by atoms with van der Waals surface area (Å²) in [7, 11) is 0. The van der Waals surface area contributed by atoms with Gasteiger partial charge in [0, 0.05) is 5.92 Å². The summed E-state index contributed by atoms with van der Waals surface area (Å²) in [5.74, 6) is -1.62. The van der Waals surface area contributed by atoms with Crippen LogP contribution >= 0.6 is 0 Å². The third-order valence-corrected chi connectivity index (χ3v) is 7.19. The molecule has 1 heterocycles. The molecule has 0 aliphatic carbocycles. The van der Waals surface area contributed by atoms with Crippen LogP contribution in [0.1, 0.15) is 36.1 Å². The van der Waals surface area contributed by atoms with Crippen LogP contribution in [-0.4, -0.2) is 28.7 Å². The molecule has 5 rings (SSSR count). The number of hydrogen-bond donors (Lipinski definition) is 2. The number of ether oxygens (including phenoxy) is 2. The second-order valence-electron chi connectivity index (χ2n) is 9.85. The predicted molar refractivity (Wildman–Crippen MR) is 140 cm³/mol. The summed E-state index contributed by atoms with van der Waals surface area (Å²) in [6.45, 7) is 3.87. The monoisotopic (exact) mass is 480 g/mol. The lowest BCUT2D eigenvalue weighted by atomic mass is 9.67. The van der Waals surface area contributed by atoms with Crippen LogP contribution in [0.15, 0.2) is 121 Å². The van der Waals surface area contributed by atoms with Crippen LogP contribution in [0.25, 0.3) is 0 Å². The average Bonchev–Trinajstić information content (AvgIpc) is 2.93. The molecule has 0 bridgehead atoms. The van der Waals surface area contributed by atoms with Crippen molar-refractivity contribution in [2.45, 2.75) is 36.9 Å². The minimum absolute atomic E-state index is 0.180. The normalized spacial score (nSPS) is 20.1. The first-order chi connectivity index (χ1) is 17.4. The van der Waals surface area contributed by atoms with E-state index in [9.17, 15) is 10.2 Å². The third kappa shape index (κ3) is 4.27. The van der Waals surface area contributed by atoms with Crippen molar-refractivity contribution in [3.63, 3.8) is 0 Å².